The summed E-state index contributed by atoms with van der Waals surface area (Å²) < 4.78 is 9.62. The second kappa shape index (κ2) is 11.8. The van der Waals surface area contributed by atoms with Gasteiger partial charge in [0.1, 0.15) is 0 Å². The number of hydrogen-bond acceptors (Lipinski definition) is 6. The standard InChI is InChI=1S/C15H26N2O4/c1-5-20-14(18)10-12(3)16-8-7-9-17-13(4)11-15(19)21-6-2/h10-11,16-17H,5-9H2,1-4H3/b12-10-,13-11+. The lowest BCUT2D eigenvalue weighted by Gasteiger charge is -2.08. The molecule has 2 N–H and O–H groups in total. The first-order chi connectivity index (χ1) is 9.99. The van der Waals surface area contributed by atoms with E-state index < -0.39 is 0 Å². The molecule has 21 heavy (non-hydrogen) atoms. The molecule has 0 saturated carbocycles. The van der Waals surface area contributed by atoms with E-state index in [0.29, 0.717) is 13.2 Å². The summed E-state index contributed by atoms with van der Waals surface area (Å²) in [7, 11) is 0. The highest BCUT2D eigenvalue weighted by atomic mass is 16.5. The van der Waals surface area contributed by atoms with Crippen LogP contribution in [0.25, 0.3) is 0 Å². The van der Waals surface area contributed by atoms with Gasteiger partial charge in [-0.3, -0.25) is 0 Å². The molecule has 0 amide bonds. The molecule has 0 rings (SSSR count). The molecule has 0 spiro atoms. The third kappa shape index (κ3) is 11.5. The van der Waals surface area contributed by atoms with Crippen LogP contribution in [0.4, 0.5) is 0 Å². The number of nitrogens with one attached hydrogen (secondary N) is 2. The molecule has 0 aromatic carbocycles. The van der Waals surface area contributed by atoms with Crippen molar-refractivity contribution >= 4 is 11.9 Å². The number of ether oxygens (including phenoxy) is 2. The molecule has 0 aromatic rings. The predicted molar refractivity (Wildman–Crippen MR) is 81.4 cm³/mol. The van der Waals surface area contributed by atoms with Crippen molar-refractivity contribution in [2.75, 3.05) is 26.3 Å². The number of allylic oxidation sites excluding steroid dienone is 2. The number of rotatable bonds is 10. The van der Waals surface area contributed by atoms with Gasteiger partial charge in [-0.25, -0.2) is 9.59 Å². The van der Waals surface area contributed by atoms with Crippen LogP contribution < -0.4 is 10.6 Å². The molecular formula is C15H26N2O4. The molecule has 0 bridgehead atoms. The third-order valence-electron chi connectivity index (χ3n) is 2.40. The highest BCUT2D eigenvalue weighted by Gasteiger charge is 1.99. The normalized spacial score (nSPS) is 11.8. The maximum Gasteiger partial charge on any atom is 0.332 e. The maximum absolute atomic E-state index is 11.2. The van der Waals surface area contributed by atoms with Crippen LogP contribution in [0.2, 0.25) is 0 Å². The Morgan fingerprint density at radius 3 is 1.57 bits per heavy atom. The lowest BCUT2D eigenvalue weighted by Crippen LogP contribution is -2.21. The van der Waals surface area contributed by atoms with E-state index >= 15 is 0 Å². The summed E-state index contributed by atoms with van der Waals surface area (Å²) >= 11 is 0. The van der Waals surface area contributed by atoms with Crippen molar-refractivity contribution in [1.29, 1.82) is 0 Å². The van der Waals surface area contributed by atoms with Crippen LogP contribution in [0.15, 0.2) is 23.5 Å². The lowest BCUT2D eigenvalue weighted by atomic mass is 10.3. The zero-order chi connectivity index (χ0) is 16.1. The topological polar surface area (TPSA) is 76.7 Å². The van der Waals surface area contributed by atoms with Crippen LogP contribution in [0, 0.1) is 0 Å². The van der Waals surface area contributed by atoms with Crippen molar-refractivity contribution in [1.82, 2.24) is 10.6 Å². The molecule has 0 atom stereocenters. The molecule has 0 aliphatic heterocycles. The minimum Gasteiger partial charge on any atom is -0.463 e. The molecule has 0 radical (unpaired) electrons. The van der Waals surface area contributed by atoms with Crippen molar-refractivity contribution in [2.24, 2.45) is 0 Å². The molecule has 6 nitrogen and oxygen atoms in total. The van der Waals surface area contributed by atoms with Gasteiger partial charge in [-0.2, -0.15) is 0 Å². The van der Waals surface area contributed by atoms with E-state index in [9.17, 15) is 9.59 Å². The second-order valence-electron chi connectivity index (χ2n) is 4.37. The number of carbonyl (C=O) groups excluding carboxylic acids is 2. The SMILES string of the molecule is CCOC(=O)/C=C(/C)NCCCN/C(C)=C/C(=O)OCC. The molecule has 0 aromatic heterocycles. The molecule has 0 aliphatic carbocycles. The number of carbonyl (C=O) groups is 2. The fourth-order valence-corrected chi connectivity index (χ4v) is 1.48. The molecule has 6 heteroatoms. The van der Waals surface area contributed by atoms with Gasteiger partial charge in [0, 0.05) is 36.6 Å². The van der Waals surface area contributed by atoms with Crippen molar-refractivity contribution in [3.8, 4) is 0 Å². The minimum atomic E-state index is -0.339. The van der Waals surface area contributed by atoms with Gasteiger partial charge in [-0.05, 0) is 34.1 Å². The van der Waals surface area contributed by atoms with Gasteiger partial charge in [-0.1, -0.05) is 0 Å². The third-order valence-corrected chi connectivity index (χ3v) is 2.40. The quantitative estimate of drug-likeness (QED) is 0.361. The molecular weight excluding hydrogens is 272 g/mol. The first kappa shape index (κ1) is 19.0. The summed E-state index contributed by atoms with van der Waals surface area (Å²) in [6.45, 7) is 9.37. The Balaban J connectivity index is 3.81. The summed E-state index contributed by atoms with van der Waals surface area (Å²) in [5.74, 6) is -0.678. The van der Waals surface area contributed by atoms with Crippen molar-refractivity contribution in [3.63, 3.8) is 0 Å². The van der Waals surface area contributed by atoms with Crippen LogP contribution in [-0.2, 0) is 19.1 Å². The van der Waals surface area contributed by atoms with Crippen molar-refractivity contribution in [3.05, 3.63) is 23.5 Å². The van der Waals surface area contributed by atoms with Crippen LogP contribution in [0.3, 0.4) is 0 Å². The monoisotopic (exact) mass is 298 g/mol. The molecule has 120 valence electrons. The molecule has 0 aliphatic rings. The second-order valence-corrected chi connectivity index (χ2v) is 4.37. The van der Waals surface area contributed by atoms with E-state index in [0.717, 1.165) is 30.9 Å². The summed E-state index contributed by atoms with van der Waals surface area (Å²) in [4.78, 5) is 22.4. The lowest BCUT2D eigenvalue weighted by molar-refractivity contribution is -0.138. The van der Waals surface area contributed by atoms with E-state index in [4.69, 9.17) is 9.47 Å². The van der Waals surface area contributed by atoms with Crippen LogP contribution in [-0.4, -0.2) is 38.2 Å². The smallest absolute Gasteiger partial charge is 0.332 e. The Hall–Kier alpha value is -1.98. The summed E-state index contributed by atoms with van der Waals surface area (Å²) in [5, 5.41) is 6.23. The number of esters is 2. The van der Waals surface area contributed by atoms with E-state index in [-0.39, 0.29) is 11.9 Å². The fraction of sp³-hybridized carbons (Fsp3) is 0.600. The first-order valence-corrected chi connectivity index (χ1v) is 7.17. The van der Waals surface area contributed by atoms with E-state index in [1.807, 2.05) is 13.8 Å². The van der Waals surface area contributed by atoms with E-state index in [1.165, 1.54) is 12.2 Å². The predicted octanol–water partition coefficient (Wildman–Crippen LogP) is 1.49. The van der Waals surface area contributed by atoms with Crippen molar-refractivity contribution < 1.29 is 19.1 Å². The van der Waals surface area contributed by atoms with Crippen molar-refractivity contribution in [2.45, 2.75) is 34.1 Å². The summed E-state index contributed by atoms with van der Waals surface area (Å²) in [6, 6.07) is 0. The Morgan fingerprint density at radius 2 is 1.24 bits per heavy atom. The number of hydrogen-bond donors (Lipinski definition) is 2. The molecule has 0 saturated heterocycles. The van der Waals surface area contributed by atoms with Crippen LogP contribution >= 0.6 is 0 Å². The van der Waals surface area contributed by atoms with Crippen LogP contribution in [0.1, 0.15) is 34.1 Å². The summed E-state index contributed by atoms with van der Waals surface area (Å²) in [6.07, 6.45) is 3.72. The van der Waals surface area contributed by atoms with Crippen LogP contribution in [0.5, 0.6) is 0 Å². The van der Waals surface area contributed by atoms with Gasteiger partial charge in [0.15, 0.2) is 0 Å². The van der Waals surface area contributed by atoms with Gasteiger partial charge in [0.05, 0.1) is 13.2 Å². The van der Waals surface area contributed by atoms with Gasteiger partial charge in [-0.15, -0.1) is 0 Å². The zero-order valence-corrected chi connectivity index (χ0v) is 13.3. The summed E-state index contributed by atoms with van der Waals surface area (Å²) in [5.41, 5.74) is 1.54. The Morgan fingerprint density at radius 1 is 0.857 bits per heavy atom. The van der Waals surface area contributed by atoms with E-state index in [1.54, 1.807) is 13.8 Å². The zero-order valence-electron chi connectivity index (χ0n) is 13.3. The Labute approximate surface area is 126 Å². The molecule has 0 unspecified atom stereocenters. The van der Waals surface area contributed by atoms with Gasteiger partial charge >= 0.3 is 11.9 Å². The van der Waals surface area contributed by atoms with Gasteiger partial charge in [0.25, 0.3) is 0 Å². The minimum absolute atomic E-state index is 0.339. The highest BCUT2D eigenvalue weighted by molar-refractivity contribution is 5.82. The molecule has 0 fully saturated rings. The molecule has 0 heterocycles. The Kier molecular flexibility index (Phi) is 10.7. The first-order valence-electron chi connectivity index (χ1n) is 7.17. The largest absolute Gasteiger partial charge is 0.463 e. The maximum atomic E-state index is 11.2. The fourth-order valence-electron chi connectivity index (χ4n) is 1.48. The van der Waals surface area contributed by atoms with Gasteiger partial charge < -0.3 is 20.1 Å². The van der Waals surface area contributed by atoms with Gasteiger partial charge in [0.2, 0.25) is 0 Å². The average molecular weight is 298 g/mol. The van der Waals surface area contributed by atoms with E-state index in [2.05, 4.69) is 10.6 Å². The highest BCUT2D eigenvalue weighted by Crippen LogP contribution is 1.92. The Bertz CT molecular complexity index is 353. The average Bonchev–Trinajstić information content (AvgIpc) is 2.38.